The Morgan fingerprint density at radius 3 is 1.95 bits per heavy atom. The average molecular weight is 286 g/mol. The Morgan fingerprint density at radius 1 is 1.10 bits per heavy atom. The monoisotopic (exact) mass is 286 g/mol. The molecule has 1 aliphatic carbocycles. The van der Waals surface area contributed by atoms with E-state index in [2.05, 4.69) is 39.1 Å². The average Bonchev–Trinajstić information content (AvgIpc) is 2.35. The standard InChI is InChI=1S/C18H26N2O/c1-11-8-13(9-12(2)14(11)10-19)21-16-17(3,4)15(20-7)18(16,5)6/h8-9,15-16,20H,1-7H3. The number of nitrogens with zero attached hydrogens (tertiary/aromatic N) is 1. The van der Waals surface area contributed by atoms with E-state index < -0.39 is 0 Å². The number of aryl methyl sites for hydroxylation is 2. The topological polar surface area (TPSA) is 45.0 Å². The Balaban J connectivity index is 2.30. The van der Waals surface area contributed by atoms with Crippen molar-refractivity contribution >= 4 is 0 Å². The van der Waals surface area contributed by atoms with Crippen molar-refractivity contribution in [2.24, 2.45) is 10.8 Å². The fourth-order valence-corrected chi connectivity index (χ4v) is 4.48. The number of rotatable bonds is 3. The first kappa shape index (κ1) is 15.9. The number of hydrogen-bond acceptors (Lipinski definition) is 3. The van der Waals surface area contributed by atoms with Gasteiger partial charge in [0.1, 0.15) is 11.9 Å². The fraction of sp³-hybridized carbons (Fsp3) is 0.611. The van der Waals surface area contributed by atoms with Gasteiger partial charge in [0.2, 0.25) is 0 Å². The van der Waals surface area contributed by atoms with E-state index in [4.69, 9.17) is 10.00 Å². The van der Waals surface area contributed by atoms with Crippen LogP contribution in [0.2, 0.25) is 0 Å². The molecular weight excluding hydrogens is 260 g/mol. The van der Waals surface area contributed by atoms with Gasteiger partial charge in [0.05, 0.1) is 11.6 Å². The smallest absolute Gasteiger partial charge is 0.120 e. The van der Waals surface area contributed by atoms with E-state index in [1.807, 2.05) is 33.0 Å². The second kappa shape index (κ2) is 5.03. The molecular formula is C18H26N2O. The van der Waals surface area contributed by atoms with Crippen molar-refractivity contribution in [3.8, 4) is 11.8 Å². The number of ether oxygens (including phenoxy) is 1. The predicted octanol–water partition coefficient (Wildman–Crippen LogP) is 3.58. The molecule has 1 aromatic carbocycles. The Labute approximate surface area is 128 Å². The van der Waals surface area contributed by atoms with Crippen LogP contribution in [0.1, 0.15) is 44.4 Å². The van der Waals surface area contributed by atoms with E-state index in [9.17, 15) is 0 Å². The van der Waals surface area contributed by atoms with Crippen LogP contribution in [0.3, 0.4) is 0 Å². The molecule has 0 saturated heterocycles. The molecule has 0 unspecified atom stereocenters. The molecule has 0 bridgehead atoms. The van der Waals surface area contributed by atoms with Gasteiger partial charge in [-0.15, -0.1) is 0 Å². The highest BCUT2D eigenvalue weighted by atomic mass is 16.5. The minimum absolute atomic E-state index is 0.0773. The highest BCUT2D eigenvalue weighted by Gasteiger charge is 2.62. The van der Waals surface area contributed by atoms with E-state index >= 15 is 0 Å². The summed E-state index contributed by atoms with van der Waals surface area (Å²) in [4.78, 5) is 0. The zero-order valence-electron chi connectivity index (χ0n) is 14.2. The van der Waals surface area contributed by atoms with Crippen LogP contribution in [0.15, 0.2) is 12.1 Å². The van der Waals surface area contributed by atoms with Crippen LogP contribution in [0.25, 0.3) is 0 Å². The maximum atomic E-state index is 9.16. The molecule has 3 nitrogen and oxygen atoms in total. The Kier molecular flexibility index (Phi) is 3.80. The van der Waals surface area contributed by atoms with E-state index in [0.717, 1.165) is 22.4 Å². The number of nitriles is 1. The lowest BCUT2D eigenvalue weighted by atomic mass is 9.49. The highest BCUT2D eigenvalue weighted by Crippen LogP contribution is 2.55. The molecule has 1 saturated carbocycles. The van der Waals surface area contributed by atoms with Crippen LogP contribution in [-0.4, -0.2) is 19.2 Å². The summed E-state index contributed by atoms with van der Waals surface area (Å²) in [5.74, 6) is 0.865. The molecule has 0 heterocycles. The van der Waals surface area contributed by atoms with Gasteiger partial charge in [-0.2, -0.15) is 5.26 Å². The van der Waals surface area contributed by atoms with Gasteiger partial charge in [-0.25, -0.2) is 0 Å². The van der Waals surface area contributed by atoms with Crippen molar-refractivity contribution in [2.45, 2.75) is 53.7 Å². The molecule has 21 heavy (non-hydrogen) atoms. The van der Waals surface area contributed by atoms with Crippen molar-refractivity contribution in [1.82, 2.24) is 5.32 Å². The molecule has 3 heteroatoms. The minimum Gasteiger partial charge on any atom is -0.489 e. The van der Waals surface area contributed by atoms with Gasteiger partial charge in [0, 0.05) is 16.9 Å². The molecule has 1 aromatic rings. The SMILES string of the molecule is CNC1C(C)(C)C(Oc2cc(C)c(C#N)c(C)c2)C1(C)C. The number of hydrogen-bond donors (Lipinski definition) is 1. The van der Waals surface area contributed by atoms with Crippen LogP contribution in [-0.2, 0) is 0 Å². The van der Waals surface area contributed by atoms with Gasteiger partial charge in [0.25, 0.3) is 0 Å². The fourth-order valence-electron chi connectivity index (χ4n) is 4.48. The normalized spacial score (nSPS) is 25.8. The highest BCUT2D eigenvalue weighted by molar-refractivity contribution is 5.48. The van der Waals surface area contributed by atoms with Gasteiger partial charge in [-0.3, -0.25) is 0 Å². The molecule has 2 rings (SSSR count). The molecule has 1 fully saturated rings. The quantitative estimate of drug-likeness (QED) is 0.923. The zero-order valence-corrected chi connectivity index (χ0v) is 14.2. The summed E-state index contributed by atoms with van der Waals surface area (Å²) < 4.78 is 6.32. The Hall–Kier alpha value is -1.53. The summed E-state index contributed by atoms with van der Waals surface area (Å²) in [5.41, 5.74) is 2.87. The van der Waals surface area contributed by atoms with Crippen molar-refractivity contribution in [1.29, 1.82) is 5.26 Å². The van der Waals surface area contributed by atoms with E-state index in [-0.39, 0.29) is 16.9 Å². The summed E-state index contributed by atoms with van der Waals surface area (Å²) in [6.07, 6.45) is 0.147. The molecule has 1 N–H and O–H groups in total. The van der Waals surface area contributed by atoms with Gasteiger partial charge >= 0.3 is 0 Å². The Morgan fingerprint density at radius 2 is 1.57 bits per heavy atom. The third-order valence-electron chi connectivity index (χ3n) is 5.00. The van der Waals surface area contributed by atoms with Gasteiger partial charge in [-0.05, 0) is 44.2 Å². The van der Waals surface area contributed by atoms with Crippen LogP contribution < -0.4 is 10.1 Å². The van der Waals surface area contributed by atoms with Crippen molar-refractivity contribution in [3.63, 3.8) is 0 Å². The molecule has 0 radical (unpaired) electrons. The number of nitrogens with one attached hydrogen (secondary N) is 1. The lowest BCUT2D eigenvalue weighted by molar-refractivity contribution is -0.166. The number of benzene rings is 1. The van der Waals surface area contributed by atoms with Gasteiger partial charge < -0.3 is 10.1 Å². The van der Waals surface area contributed by atoms with E-state index in [1.165, 1.54) is 0 Å². The third kappa shape index (κ3) is 2.32. The first-order chi connectivity index (χ1) is 9.66. The zero-order chi connectivity index (χ0) is 16.0. The predicted molar refractivity (Wildman–Crippen MR) is 85.5 cm³/mol. The summed E-state index contributed by atoms with van der Waals surface area (Å²) >= 11 is 0. The molecule has 0 aromatic heterocycles. The molecule has 0 atom stereocenters. The lowest BCUT2D eigenvalue weighted by Crippen LogP contribution is -2.73. The van der Waals surface area contributed by atoms with E-state index in [0.29, 0.717) is 6.04 Å². The molecule has 1 aliphatic rings. The largest absolute Gasteiger partial charge is 0.489 e. The second-order valence-corrected chi connectivity index (χ2v) is 7.41. The van der Waals surface area contributed by atoms with Crippen LogP contribution in [0.5, 0.6) is 5.75 Å². The maximum absolute atomic E-state index is 9.16. The maximum Gasteiger partial charge on any atom is 0.120 e. The molecule has 0 spiro atoms. The minimum atomic E-state index is 0.0773. The van der Waals surface area contributed by atoms with E-state index in [1.54, 1.807) is 0 Å². The molecule has 0 amide bonds. The van der Waals surface area contributed by atoms with Crippen LogP contribution >= 0.6 is 0 Å². The first-order valence-corrected chi connectivity index (χ1v) is 7.51. The van der Waals surface area contributed by atoms with Crippen molar-refractivity contribution < 1.29 is 4.74 Å². The summed E-state index contributed by atoms with van der Waals surface area (Å²) in [5, 5.41) is 12.6. The van der Waals surface area contributed by atoms with Crippen molar-refractivity contribution in [2.75, 3.05) is 7.05 Å². The third-order valence-corrected chi connectivity index (χ3v) is 5.00. The summed E-state index contributed by atoms with van der Waals surface area (Å²) in [6.45, 7) is 12.9. The summed E-state index contributed by atoms with van der Waals surface area (Å²) in [6, 6.07) is 6.63. The van der Waals surface area contributed by atoms with Crippen molar-refractivity contribution in [3.05, 3.63) is 28.8 Å². The Bertz CT molecular complexity index is 557. The van der Waals surface area contributed by atoms with Crippen LogP contribution in [0.4, 0.5) is 0 Å². The van der Waals surface area contributed by atoms with Crippen LogP contribution in [0, 0.1) is 36.0 Å². The summed E-state index contributed by atoms with van der Waals surface area (Å²) in [7, 11) is 2.01. The molecule has 114 valence electrons. The second-order valence-electron chi connectivity index (χ2n) is 7.41. The first-order valence-electron chi connectivity index (χ1n) is 7.51. The molecule has 0 aliphatic heterocycles. The lowest BCUT2D eigenvalue weighted by Gasteiger charge is -2.63. The van der Waals surface area contributed by atoms with Gasteiger partial charge in [-0.1, -0.05) is 27.7 Å². The van der Waals surface area contributed by atoms with Gasteiger partial charge in [0.15, 0.2) is 0 Å².